The molecule has 3 rings (SSSR count). The van der Waals surface area contributed by atoms with E-state index in [2.05, 4.69) is 23.5 Å². The summed E-state index contributed by atoms with van der Waals surface area (Å²) in [6.07, 6.45) is 0.462. The molecular formula is C15H14N2OS. The maximum absolute atomic E-state index is 11.5. The molecule has 4 heteroatoms. The standard InChI is InChI=1S/C15H14N2OS/c1-10-9-14(18)16-15(19)17(10)13-8-4-6-11-5-2-3-7-12(11)13/h2-8,10H,9H2,1H3,(H,16,18,19). The number of fused-ring (bicyclic) bond motifs is 1. The van der Waals surface area contributed by atoms with Gasteiger partial charge in [0, 0.05) is 17.8 Å². The van der Waals surface area contributed by atoms with Crippen molar-refractivity contribution < 1.29 is 4.79 Å². The Morgan fingerprint density at radius 1 is 1.21 bits per heavy atom. The van der Waals surface area contributed by atoms with Crippen LogP contribution in [0.4, 0.5) is 5.69 Å². The van der Waals surface area contributed by atoms with Crippen LogP contribution in [-0.2, 0) is 4.79 Å². The van der Waals surface area contributed by atoms with E-state index in [1.807, 2.05) is 36.1 Å². The summed E-state index contributed by atoms with van der Waals surface area (Å²) < 4.78 is 0. The Labute approximate surface area is 117 Å². The molecule has 1 amide bonds. The van der Waals surface area contributed by atoms with E-state index in [1.165, 1.54) is 5.39 Å². The van der Waals surface area contributed by atoms with Gasteiger partial charge in [0.1, 0.15) is 0 Å². The van der Waals surface area contributed by atoms with Crippen LogP contribution in [0, 0.1) is 0 Å². The Hall–Kier alpha value is -1.94. The summed E-state index contributed by atoms with van der Waals surface area (Å²) in [6, 6.07) is 14.4. The second-order valence-electron chi connectivity index (χ2n) is 4.77. The van der Waals surface area contributed by atoms with Crippen LogP contribution < -0.4 is 10.2 Å². The Morgan fingerprint density at radius 3 is 2.74 bits per heavy atom. The summed E-state index contributed by atoms with van der Waals surface area (Å²) in [6.45, 7) is 2.02. The van der Waals surface area contributed by atoms with Crippen molar-refractivity contribution in [1.29, 1.82) is 0 Å². The molecule has 1 atom stereocenters. The largest absolute Gasteiger partial charge is 0.315 e. The Balaban J connectivity index is 2.13. The van der Waals surface area contributed by atoms with Crippen LogP contribution in [0.25, 0.3) is 10.8 Å². The molecule has 96 valence electrons. The fourth-order valence-electron chi connectivity index (χ4n) is 2.56. The first-order valence-corrected chi connectivity index (χ1v) is 6.68. The predicted molar refractivity (Wildman–Crippen MR) is 81.2 cm³/mol. The van der Waals surface area contributed by atoms with E-state index < -0.39 is 0 Å². The first kappa shape index (κ1) is 12.1. The third-order valence-corrected chi connectivity index (χ3v) is 3.71. The molecule has 2 aromatic rings. The Morgan fingerprint density at radius 2 is 1.95 bits per heavy atom. The van der Waals surface area contributed by atoms with Gasteiger partial charge in [0.05, 0.1) is 5.69 Å². The lowest BCUT2D eigenvalue weighted by molar-refractivity contribution is -0.120. The van der Waals surface area contributed by atoms with Crippen LogP contribution in [0.2, 0.25) is 0 Å². The van der Waals surface area contributed by atoms with E-state index in [0.29, 0.717) is 11.5 Å². The van der Waals surface area contributed by atoms with Crippen molar-refractivity contribution in [2.75, 3.05) is 4.90 Å². The zero-order valence-corrected chi connectivity index (χ0v) is 11.4. The quantitative estimate of drug-likeness (QED) is 0.809. The van der Waals surface area contributed by atoms with Gasteiger partial charge in [-0.3, -0.25) is 4.79 Å². The van der Waals surface area contributed by atoms with Crippen LogP contribution in [-0.4, -0.2) is 17.1 Å². The first-order valence-electron chi connectivity index (χ1n) is 6.27. The van der Waals surface area contributed by atoms with E-state index in [4.69, 9.17) is 12.2 Å². The van der Waals surface area contributed by atoms with Gasteiger partial charge in [-0.2, -0.15) is 0 Å². The van der Waals surface area contributed by atoms with Crippen LogP contribution in [0.3, 0.4) is 0 Å². The monoisotopic (exact) mass is 270 g/mol. The number of benzene rings is 2. The van der Waals surface area contributed by atoms with Crippen molar-refractivity contribution in [3.05, 3.63) is 42.5 Å². The fourth-order valence-corrected chi connectivity index (χ4v) is 2.95. The zero-order valence-electron chi connectivity index (χ0n) is 10.6. The molecule has 2 aromatic carbocycles. The van der Waals surface area contributed by atoms with Gasteiger partial charge in [-0.25, -0.2) is 0 Å². The maximum atomic E-state index is 11.5. The number of carbonyl (C=O) groups is 1. The summed E-state index contributed by atoms with van der Waals surface area (Å²) in [5.41, 5.74) is 1.05. The molecule has 1 saturated heterocycles. The van der Waals surface area contributed by atoms with Crippen molar-refractivity contribution >= 4 is 39.7 Å². The number of rotatable bonds is 1. The molecule has 1 aliphatic rings. The summed E-state index contributed by atoms with van der Waals surface area (Å²) >= 11 is 5.32. The van der Waals surface area contributed by atoms with Gasteiger partial charge in [0.2, 0.25) is 5.91 Å². The van der Waals surface area contributed by atoms with Crippen LogP contribution >= 0.6 is 12.2 Å². The van der Waals surface area contributed by atoms with Crippen LogP contribution in [0.15, 0.2) is 42.5 Å². The molecule has 19 heavy (non-hydrogen) atoms. The lowest BCUT2D eigenvalue weighted by atomic mass is 10.1. The Bertz CT molecular complexity index is 663. The molecule has 0 aromatic heterocycles. The molecule has 1 fully saturated rings. The van der Waals surface area contributed by atoms with E-state index in [-0.39, 0.29) is 11.9 Å². The summed E-state index contributed by atoms with van der Waals surface area (Å²) in [4.78, 5) is 13.5. The third kappa shape index (κ3) is 2.08. The highest BCUT2D eigenvalue weighted by Crippen LogP contribution is 2.30. The molecular weight excluding hydrogens is 256 g/mol. The van der Waals surface area contributed by atoms with E-state index >= 15 is 0 Å². The minimum absolute atomic E-state index is 0.00557. The first-order chi connectivity index (χ1) is 9.16. The maximum Gasteiger partial charge on any atom is 0.228 e. The Kier molecular flexibility index (Phi) is 2.95. The average Bonchev–Trinajstić information content (AvgIpc) is 2.38. The molecule has 0 saturated carbocycles. The van der Waals surface area contributed by atoms with Gasteiger partial charge in [0.25, 0.3) is 0 Å². The van der Waals surface area contributed by atoms with E-state index in [0.717, 1.165) is 11.1 Å². The molecule has 3 nitrogen and oxygen atoms in total. The second-order valence-corrected chi connectivity index (χ2v) is 5.16. The van der Waals surface area contributed by atoms with Crippen molar-refractivity contribution in [3.8, 4) is 0 Å². The highest BCUT2D eigenvalue weighted by Gasteiger charge is 2.28. The lowest BCUT2D eigenvalue weighted by Crippen LogP contribution is -2.54. The molecule has 0 aliphatic carbocycles. The van der Waals surface area contributed by atoms with Gasteiger partial charge in [0.15, 0.2) is 5.11 Å². The van der Waals surface area contributed by atoms with E-state index in [9.17, 15) is 4.79 Å². The molecule has 1 N–H and O–H groups in total. The molecule has 1 unspecified atom stereocenters. The zero-order chi connectivity index (χ0) is 13.4. The van der Waals surface area contributed by atoms with Crippen molar-refractivity contribution in [1.82, 2.24) is 5.32 Å². The summed E-state index contributed by atoms with van der Waals surface area (Å²) in [7, 11) is 0. The third-order valence-electron chi connectivity index (χ3n) is 3.41. The SMILES string of the molecule is CC1CC(=O)NC(=S)N1c1cccc2ccccc12. The number of amides is 1. The molecule has 1 aliphatic heterocycles. The normalized spacial score (nSPS) is 19.6. The number of nitrogens with one attached hydrogen (secondary N) is 1. The number of carbonyl (C=O) groups excluding carboxylic acids is 1. The van der Waals surface area contributed by atoms with Crippen molar-refractivity contribution in [2.45, 2.75) is 19.4 Å². The molecule has 1 heterocycles. The topological polar surface area (TPSA) is 32.3 Å². The highest BCUT2D eigenvalue weighted by molar-refractivity contribution is 7.80. The summed E-state index contributed by atoms with van der Waals surface area (Å²) in [5, 5.41) is 5.55. The number of nitrogens with zero attached hydrogens (tertiary/aromatic N) is 1. The smallest absolute Gasteiger partial charge is 0.228 e. The highest BCUT2D eigenvalue weighted by atomic mass is 32.1. The molecule has 0 bridgehead atoms. The average molecular weight is 270 g/mol. The van der Waals surface area contributed by atoms with Crippen molar-refractivity contribution in [2.24, 2.45) is 0 Å². The van der Waals surface area contributed by atoms with Gasteiger partial charge in [-0.05, 0) is 30.6 Å². The minimum Gasteiger partial charge on any atom is -0.315 e. The number of hydrogen-bond donors (Lipinski definition) is 1. The van der Waals surface area contributed by atoms with Gasteiger partial charge < -0.3 is 10.2 Å². The minimum atomic E-state index is -0.00557. The van der Waals surface area contributed by atoms with Gasteiger partial charge in [-0.1, -0.05) is 36.4 Å². The molecule has 0 radical (unpaired) electrons. The number of hydrogen-bond acceptors (Lipinski definition) is 2. The fraction of sp³-hybridized carbons (Fsp3) is 0.200. The van der Waals surface area contributed by atoms with Gasteiger partial charge in [-0.15, -0.1) is 0 Å². The number of thiocarbonyl (C=S) groups is 1. The lowest BCUT2D eigenvalue weighted by Gasteiger charge is -2.35. The van der Waals surface area contributed by atoms with E-state index in [1.54, 1.807) is 0 Å². The molecule has 0 spiro atoms. The predicted octanol–water partition coefficient (Wildman–Crippen LogP) is 2.84. The van der Waals surface area contributed by atoms with Crippen molar-refractivity contribution in [3.63, 3.8) is 0 Å². The van der Waals surface area contributed by atoms with Gasteiger partial charge >= 0.3 is 0 Å². The second kappa shape index (κ2) is 4.63. The summed E-state index contributed by atoms with van der Waals surface area (Å²) in [5.74, 6) is -0.00557. The van der Waals surface area contributed by atoms with Crippen LogP contribution in [0.1, 0.15) is 13.3 Å². The van der Waals surface area contributed by atoms with Crippen LogP contribution in [0.5, 0.6) is 0 Å². The number of anilines is 1.